The standard InChI is InChI=1S/C25H34N2O4/c1-7-21(24(29)26-25(3,4)5)27(16-19-12-14-20(30-6)15-13-19)23(28)17-31-22-11-9-8-10-18(22)2/h8-15,21H,7,16-17H2,1-6H3,(H,26,29). The maximum Gasteiger partial charge on any atom is 0.261 e. The minimum Gasteiger partial charge on any atom is -0.497 e. The van der Waals surface area contributed by atoms with Crippen LogP contribution in [-0.4, -0.2) is 42.0 Å². The Bertz CT molecular complexity index is 872. The average Bonchev–Trinajstić information content (AvgIpc) is 2.72. The maximum atomic E-state index is 13.2. The SMILES string of the molecule is CCC(C(=O)NC(C)(C)C)N(Cc1ccc(OC)cc1)C(=O)COc1ccccc1C. The maximum absolute atomic E-state index is 13.2. The molecule has 168 valence electrons. The second kappa shape index (κ2) is 10.8. The predicted molar refractivity (Wildman–Crippen MR) is 122 cm³/mol. The van der Waals surface area contributed by atoms with E-state index in [1.54, 1.807) is 12.0 Å². The molecule has 6 nitrogen and oxygen atoms in total. The highest BCUT2D eigenvalue weighted by Gasteiger charge is 2.31. The molecule has 0 aliphatic heterocycles. The van der Waals surface area contributed by atoms with E-state index in [4.69, 9.17) is 9.47 Å². The largest absolute Gasteiger partial charge is 0.497 e. The predicted octanol–water partition coefficient (Wildman–Crippen LogP) is 4.10. The molecule has 2 aromatic carbocycles. The fourth-order valence-corrected chi connectivity index (χ4v) is 3.24. The van der Waals surface area contributed by atoms with Crippen molar-refractivity contribution in [2.75, 3.05) is 13.7 Å². The van der Waals surface area contributed by atoms with Gasteiger partial charge in [-0.1, -0.05) is 37.3 Å². The molecule has 1 atom stereocenters. The molecule has 0 aliphatic carbocycles. The number of nitrogens with zero attached hydrogens (tertiary/aromatic N) is 1. The zero-order chi connectivity index (χ0) is 23.0. The van der Waals surface area contributed by atoms with E-state index in [0.29, 0.717) is 18.7 Å². The van der Waals surface area contributed by atoms with Crippen LogP contribution >= 0.6 is 0 Å². The number of ether oxygens (including phenoxy) is 2. The molecule has 0 saturated heterocycles. The Balaban J connectivity index is 2.24. The van der Waals surface area contributed by atoms with Gasteiger partial charge in [-0.2, -0.15) is 0 Å². The summed E-state index contributed by atoms with van der Waals surface area (Å²) in [6, 6.07) is 14.4. The average molecular weight is 427 g/mol. The van der Waals surface area contributed by atoms with Gasteiger partial charge in [-0.3, -0.25) is 9.59 Å². The summed E-state index contributed by atoms with van der Waals surface area (Å²) in [6.07, 6.45) is 0.494. The highest BCUT2D eigenvalue weighted by atomic mass is 16.5. The molecule has 2 rings (SSSR count). The Hall–Kier alpha value is -3.02. The molecule has 0 aliphatic rings. The fraction of sp³-hybridized carbons (Fsp3) is 0.440. The summed E-state index contributed by atoms with van der Waals surface area (Å²) in [5.74, 6) is 0.984. The smallest absolute Gasteiger partial charge is 0.261 e. The molecule has 6 heteroatoms. The third kappa shape index (κ3) is 7.31. The Kier molecular flexibility index (Phi) is 8.48. The molecule has 0 fully saturated rings. The first-order chi connectivity index (χ1) is 14.6. The molecule has 0 heterocycles. The summed E-state index contributed by atoms with van der Waals surface area (Å²) in [5, 5.41) is 3.00. The van der Waals surface area contributed by atoms with Crippen LogP contribution in [0.25, 0.3) is 0 Å². The van der Waals surface area contributed by atoms with Crippen molar-refractivity contribution in [3.05, 3.63) is 59.7 Å². The summed E-state index contributed by atoms with van der Waals surface area (Å²) < 4.78 is 11.0. The van der Waals surface area contributed by atoms with Crippen molar-refractivity contribution >= 4 is 11.8 Å². The number of rotatable bonds is 9. The van der Waals surface area contributed by atoms with Crippen molar-refractivity contribution < 1.29 is 19.1 Å². The van der Waals surface area contributed by atoms with Gasteiger partial charge in [0.25, 0.3) is 5.91 Å². The summed E-state index contributed by atoms with van der Waals surface area (Å²) in [5.41, 5.74) is 1.47. The Morgan fingerprint density at radius 3 is 2.26 bits per heavy atom. The first-order valence-corrected chi connectivity index (χ1v) is 10.6. The number of methoxy groups -OCH3 is 1. The topological polar surface area (TPSA) is 67.9 Å². The van der Waals surface area contributed by atoms with E-state index in [0.717, 1.165) is 16.9 Å². The summed E-state index contributed by atoms with van der Waals surface area (Å²) in [7, 11) is 1.61. The quantitative estimate of drug-likeness (QED) is 0.655. The van der Waals surface area contributed by atoms with E-state index in [1.807, 2.05) is 83.1 Å². The lowest BCUT2D eigenvalue weighted by molar-refractivity contribution is -0.143. The zero-order valence-corrected chi connectivity index (χ0v) is 19.4. The van der Waals surface area contributed by atoms with Crippen molar-refractivity contribution in [3.63, 3.8) is 0 Å². The van der Waals surface area contributed by atoms with Crippen molar-refractivity contribution in [3.8, 4) is 11.5 Å². The number of benzene rings is 2. The van der Waals surface area contributed by atoms with Crippen LogP contribution in [-0.2, 0) is 16.1 Å². The van der Waals surface area contributed by atoms with Gasteiger partial charge in [0.15, 0.2) is 6.61 Å². The third-order valence-corrected chi connectivity index (χ3v) is 4.84. The van der Waals surface area contributed by atoms with Gasteiger partial charge >= 0.3 is 0 Å². The van der Waals surface area contributed by atoms with Gasteiger partial charge in [0.1, 0.15) is 17.5 Å². The number of hydrogen-bond acceptors (Lipinski definition) is 4. The van der Waals surface area contributed by atoms with Crippen LogP contribution in [0, 0.1) is 6.92 Å². The van der Waals surface area contributed by atoms with Crippen LogP contribution < -0.4 is 14.8 Å². The van der Waals surface area contributed by atoms with E-state index in [1.165, 1.54) is 0 Å². The monoisotopic (exact) mass is 426 g/mol. The molecule has 0 bridgehead atoms. The molecule has 2 aromatic rings. The normalized spacial score (nSPS) is 12.1. The zero-order valence-electron chi connectivity index (χ0n) is 19.4. The number of carbonyl (C=O) groups excluding carboxylic acids is 2. The van der Waals surface area contributed by atoms with Gasteiger partial charge in [-0.15, -0.1) is 0 Å². The molecular formula is C25H34N2O4. The molecule has 1 unspecified atom stereocenters. The van der Waals surface area contributed by atoms with Crippen LogP contribution in [0.1, 0.15) is 45.2 Å². The van der Waals surface area contributed by atoms with Gasteiger partial charge in [-0.05, 0) is 63.4 Å². The lowest BCUT2D eigenvalue weighted by Gasteiger charge is -2.33. The number of amides is 2. The molecule has 0 aromatic heterocycles. The Morgan fingerprint density at radius 1 is 1.06 bits per heavy atom. The van der Waals surface area contributed by atoms with Crippen LogP contribution in [0.2, 0.25) is 0 Å². The van der Waals surface area contributed by atoms with Crippen molar-refractivity contribution in [2.24, 2.45) is 0 Å². The van der Waals surface area contributed by atoms with Crippen LogP contribution in [0.3, 0.4) is 0 Å². The highest BCUT2D eigenvalue weighted by molar-refractivity contribution is 5.88. The molecular weight excluding hydrogens is 392 g/mol. The fourth-order valence-electron chi connectivity index (χ4n) is 3.24. The molecule has 31 heavy (non-hydrogen) atoms. The minimum absolute atomic E-state index is 0.139. The van der Waals surface area contributed by atoms with E-state index in [2.05, 4.69) is 5.32 Å². The summed E-state index contributed by atoms with van der Waals surface area (Å²) >= 11 is 0. The molecule has 0 spiro atoms. The second-order valence-corrected chi connectivity index (χ2v) is 8.59. The second-order valence-electron chi connectivity index (χ2n) is 8.59. The summed E-state index contributed by atoms with van der Waals surface area (Å²) in [6.45, 7) is 9.78. The van der Waals surface area contributed by atoms with Gasteiger partial charge in [-0.25, -0.2) is 0 Å². The van der Waals surface area contributed by atoms with E-state index in [-0.39, 0.29) is 18.4 Å². The molecule has 0 saturated carbocycles. The third-order valence-electron chi connectivity index (χ3n) is 4.84. The van der Waals surface area contributed by atoms with Crippen molar-refractivity contribution in [2.45, 2.75) is 59.2 Å². The van der Waals surface area contributed by atoms with E-state index >= 15 is 0 Å². The van der Waals surface area contributed by atoms with Crippen LogP contribution in [0.15, 0.2) is 48.5 Å². The van der Waals surface area contributed by atoms with Gasteiger partial charge in [0.2, 0.25) is 5.91 Å². The van der Waals surface area contributed by atoms with Crippen LogP contribution in [0.4, 0.5) is 0 Å². The molecule has 2 amide bonds. The van der Waals surface area contributed by atoms with E-state index in [9.17, 15) is 9.59 Å². The van der Waals surface area contributed by atoms with Gasteiger partial charge < -0.3 is 19.7 Å². The summed E-state index contributed by atoms with van der Waals surface area (Å²) in [4.78, 5) is 27.8. The number of para-hydroxylation sites is 1. The Labute approximate surface area is 185 Å². The lowest BCUT2D eigenvalue weighted by atomic mass is 10.1. The van der Waals surface area contributed by atoms with Gasteiger partial charge in [0.05, 0.1) is 7.11 Å². The van der Waals surface area contributed by atoms with Gasteiger partial charge in [0, 0.05) is 12.1 Å². The van der Waals surface area contributed by atoms with E-state index < -0.39 is 11.6 Å². The first-order valence-electron chi connectivity index (χ1n) is 10.6. The number of carbonyl (C=O) groups is 2. The first kappa shape index (κ1) is 24.3. The number of aryl methyl sites for hydroxylation is 1. The number of hydrogen-bond donors (Lipinski definition) is 1. The van der Waals surface area contributed by atoms with Crippen molar-refractivity contribution in [1.29, 1.82) is 0 Å². The lowest BCUT2D eigenvalue weighted by Crippen LogP contribution is -2.54. The van der Waals surface area contributed by atoms with Crippen molar-refractivity contribution in [1.82, 2.24) is 10.2 Å². The van der Waals surface area contributed by atoms with Crippen LogP contribution in [0.5, 0.6) is 11.5 Å². The highest BCUT2D eigenvalue weighted by Crippen LogP contribution is 2.19. The number of nitrogens with one attached hydrogen (secondary N) is 1. The molecule has 0 radical (unpaired) electrons. The molecule has 1 N–H and O–H groups in total. The Morgan fingerprint density at radius 2 is 1.71 bits per heavy atom. The minimum atomic E-state index is -0.603.